The summed E-state index contributed by atoms with van der Waals surface area (Å²) in [5, 5.41) is 9.57. The number of amides is 2. The topological polar surface area (TPSA) is 117 Å². The number of aliphatic hydroxyl groups is 1. The van der Waals surface area contributed by atoms with Gasteiger partial charge >= 0.3 is 5.69 Å². The van der Waals surface area contributed by atoms with Crippen LogP contribution in [0.2, 0.25) is 0 Å². The number of aromatic amines is 1. The van der Waals surface area contributed by atoms with Gasteiger partial charge in [-0.05, 0) is 53.8 Å². The van der Waals surface area contributed by atoms with Gasteiger partial charge in [0.1, 0.15) is 0 Å². The first kappa shape index (κ1) is 31.4. The van der Waals surface area contributed by atoms with Crippen LogP contribution in [-0.4, -0.2) is 62.0 Å². The van der Waals surface area contributed by atoms with Crippen LogP contribution in [0.1, 0.15) is 80.7 Å². The third-order valence-corrected chi connectivity index (χ3v) is 10.1. The Hall–Kier alpha value is -4.87. The number of nitrogens with zero attached hydrogens (tertiary/aromatic N) is 3. The summed E-state index contributed by atoms with van der Waals surface area (Å²) in [6, 6.07) is 30.5. The zero-order valence-electron chi connectivity index (χ0n) is 27.0. The number of para-hydroxylation sites is 2. The van der Waals surface area contributed by atoms with Crippen molar-refractivity contribution in [3.05, 3.63) is 141 Å². The molecule has 2 N–H and O–H groups in total. The van der Waals surface area contributed by atoms with Crippen molar-refractivity contribution in [2.45, 2.75) is 57.0 Å². The lowest BCUT2D eigenvalue weighted by Crippen LogP contribution is -2.43. The summed E-state index contributed by atoms with van der Waals surface area (Å²) >= 11 is 0. The number of imidazole rings is 1. The molecule has 0 aliphatic carbocycles. The average molecular weight is 659 g/mol. The van der Waals surface area contributed by atoms with Gasteiger partial charge in [0.25, 0.3) is 11.8 Å². The van der Waals surface area contributed by atoms with E-state index in [4.69, 9.17) is 9.47 Å². The molecule has 3 atom stereocenters. The smallest absolute Gasteiger partial charge is 0.326 e. The summed E-state index contributed by atoms with van der Waals surface area (Å²) in [6.07, 6.45) is 1.49. The largest absolute Gasteiger partial charge is 0.392 e. The molecule has 4 aromatic carbocycles. The highest BCUT2D eigenvalue weighted by atomic mass is 16.7. The quantitative estimate of drug-likeness (QED) is 0.212. The fraction of sp³-hybridized carbons (Fsp3) is 0.308. The van der Waals surface area contributed by atoms with Crippen LogP contribution in [0.5, 0.6) is 0 Å². The minimum absolute atomic E-state index is 0.0200. The number of nitrogens with one attached hydrogen (secondary N) is 1. The van der Waals surface area contributed by atoms with Gasteiger partial charge in [0, 0.05) is 37.7 Å². The third-order valence-electron chi connectivity index (χ3n) is 10.1. The second-order valence-corrected chi connectivity index (χ2v) is 13.2. The maximum atomic E-state index is 12.9. The van der Waals surface area contributed by atoms with E-state index in [0.717, 1.165) is 65.8 Å². The van der Waals surface area contributed by atoms with Crippen LogP contribution in [0.3, 0.4) is 0 Å². The van der Waals surface area contributed by atoms with Gasteiger partial charge in [0.05, 0.1) is 47.5 Å². The lowest BCUT2D eigenvalue weighted by Gasteiger charge is -2.40. The predicted molar refractivity (Wildman–Crippen MR) is 183 cm³/mol. The zero-order chi connectivity index (χ0) is 33.5. The van der Waals surface area contributed by atoms with Crippen molar-refractivity contribution in [1.82, 2.24) is 19.4 Å². The SMILES string of the molecule is O=C1c2ccccc2C(=O)N1Cc1ccc([C@H]2O[C@@H](CN3CCC(n4c(=O)[nH]c5ccccc54)CC3)C[C@@H](c3ccc(CO)cc3)O2)cc1. The summed E-state index contributed by atoms with van der Waals surface area (Å²) in [5.41, 5.74) is 6.19. The standard InChI is InChI=1S/C39H38N4O6/c44-24-26-11-13-27(14-12-26)35-21-30(23-41-19-17-29(18-20-41)43-34-8-4-3-7-33(34)40-39(43)47)48-38(49-35)28-15-9-25(10-16-28)22-42-36(45)31-5-1-2-6-32(31)37(42)46/h1-16,29-30,35,38,44H,17-24H2,(H,40,47)/t30-,35+,38+/m1/s1. The van der Waals surface area contributed by atoms with Gasteiger partial charge in [-0.2, -0.15) is 0 Å². The summed E-state index contributed by atoms with van der Waals surface area (Å²) in [6.45, 7) is 2.60. The highest BCUT2D eigenvalue weighted by Crippen LogP contribution is 2.39. The molecule has 1 aromatic heterocycles. The van der Waals surface area contributed by atoms with E-state index < -0.39 is 6.29 Å². The Morgan fingerprint density at radius 3 is 2.06 bits per heavy atom. The molecule has 0 bridgehead atoms. The monoisotopic (exact) mass is 658 g/mol. The molecule has 0 spiro atoms. The molecule has 2 fully saturated rings. The van der Waals surface area contributed by atoms with Gasteiger partial charge in [-0.25, -0.2) is 4.79 Å². The molecule has 3 aliphatic rings. The number of benzene rings is 4. The number of carbonyl (C=O) groups is 2. The zero-order valence-corrected chi connectivity index (χ0v) is 27.0. The molecule has 5 aromatic rings. The molecule has 10 nitrogen and oxygen atoms in total. The second kappa shape index (κ2) is 13.2. The van der Waals surface area contributed by atoms with Crippen LogP contribution >= 0.6 is 0 Å². The maximum absolute atomic E-state index is 12.9. The van der Waals surface area contributed by atoms with E-state index in [1.54, 1.807) is 24.3 Å². The number of likely N-dealkylation sites (tertiary alicyclic amines) is 1. The Morgan fingerprint density at radius 1 is 0.735 bits per heavy atom. The molecule has 2 amide bonds. The number of carbonyl (C=O) groups excluding carboxylic acids is 2. The highest BCUT2D eigenvalue weighted by Gasteiger charge is 2.36. The molecule has 0 unspecified atom stereocenters. The summed E-state index contributed by atoms with van der Waals surface area (Å²) in [7, 11) is 0. The molecule has 0 saturated carbocycles. The molecule has 3 aliphatic heterocycles. The Balaban J connectivity index is 0.966. The van der Waals surface area contributed by atoms with Crippen molar-refractivity contribution in [1.29, 1.82) is 0 Å². The molecule has 2 saturated heterocycles. The van der Waals surface area contributed by atoms with E-state index in [1.807, 2.05) is 77.4 Å². The summed E-state index contributed by atoms with van der Waals surface area (Å²) in [5.74, 6) is -0.557. The average Bonchev–Trinajstić information content (AvgIpc) is 3.60. The highest BCUT2D eigenvalue weighted by molar-refractivity contribution is 6.21. The first-order valence-corrected chi connectivity index (χ1v) is 16.9. The fourth-order valence-corrected chi connectivity index (χ4v) is 7.46. The Morgan fingerprint density at radius 2 is 1.37 bits per heavy atom. The van der Waals surface area contributed by atoms with Crippen molar-refractivity contribution < 1.29 is 24.2 Å². The molecule has 4 heterocycles. The molecule has 49 heavy (non-hydrogen) atoms. The van der Waals surface area contributed by atoms with Gasteiger partial charge in [0.2, 0.25) is 0 Å². The summed E-state index contributed by atoms with van der Waals surface area (Å²) in [4.78, 5) is 45.3. The number of fused-ring (bicyclic) bond motifs is 2. The number of aromatic nitrogens is 2. The van der Waals surface area contributed by atoms with E-state index in [9.17, 15) is 19.5 Å². The Kier molecular flexibility index (Phi) is 8.46. The lowest BCUT2D eigenvalue weighted by molar-refractivity contribution is -0.253. The van der Waals surface area contributed by atoms with Crippen molar-refractivity contribution in [3.8, 4) is 0 Å². The molecule has 250 valence electrons. The van der Waals surface area contributed by atoms with Crippen LogP contribution in [0.25, 0.3) is 11.0 Å². The van der Waals surface area contributed by atoms with Crippen molar-refractivity contribution in [2.75, 3.05) is 19.6 Å². The van der Waals surface area contributed by atoms with Crippen LogP contribution in [0, 0.1) is 0 Å². The minimum atomic E-state index is -0.614. The molecule has 10 heteroatoms. The van der Waals surface area contributed by atoms with E-state index in [-0.39, 0.29) is 48.9 Å². The lowest BCUT2D eigenvalue weighted by atomic mass is 9.98. The Labute approximate surface area is 283 Å². The second-order valence-electron chi connectivity index (χ2n) is 13.2. The van der Waals surface area contributed by atoms with Crippen LogP contribution in [-0.2, 0) is 22.6 Å². The number of hydrogen-bond acceptors (Lipinski definition) is 7. The number of aliphatic hydroxyl groups excluding tert-OH is 1. The van der Waals surface area contributed by atoms with Gasteiger partial charge in [-0.3, -0.25) is 19.1 Å². The van der Waals surface area contributed by atoms with Crippen molar-refractivity contribution in [2.24, 2.45) is 0 Å². The van der Waals surface area contributed by atoms with Gasteiger partial charge in [-0.1, -0.05) is 72.8 Å². The van der Waals surface area contributed by atoms with E-state index in [2.05, 4.69) is 9.88 Å². The fourth-order valence-electron chi connectivity index (χ4n) is 7.46. The van der Waals surface area contributed by atoms with Crippen LogP contribution in [0.4, 0.5) is 0 Å². The first-order chi connectivity index (χ1) is 23.9. The van der Waals surface area contributed by atoms with Crippen LogP contribution in [0.15, 0.2) is 102 Å². The molecular weight excluding hydrogens is 620 g/mol. The van der Waals surface area contributed by atoms with E-state index >= 15 is 0 Å². The normalized spacial score (nSPS) is 21.8. The van der Waals surface area contributed by atoms with Gasteiger partial charge in [0.15, 0.2) is 6.29 Å². The number of rotatable bonds is 8. The number of piperidine rings is 1. The van der Waals surface area contributed by atoms with E-state index in [0.29, 0.717) is 17.5 Å². The van der Waals surface area contributed by atoms with Crippen molar-refractivity contribution in [3.63, 3.8) is 0 Å². The molecule has 0 radical (unpaired) electrons. The number of H-pyrrole nitrogens is 1. The third kappa shape index (κ3) is 6.13. The molecular formula is C39H38N4O6. The van der Waals surface area contributed by atoms with Crippen molar-refractivity contribution >= 4 is 22.8 Å². The maximum Gasteiger partial charge on any atom is 0.326 e. The van der Waals surface area contributed by atoms with Gasteiger partial charge in [-0.15, -0.1) is 0 Å². The molecule has 8 rings (SSSR count). The predicted octanol–water partition coefficient (Wildman–Crippen LogP) is 5.50. The number of imide groups is 1. The number of ether oxygens (including phenoxy) is 2. The Bertz CT molecular complexity index is 2010. The number of hydrogen-bond donors (Lipinski definition) is 2. The minimum Gasteiger partial charge on any atom is -0.392 e. The van der Waals surface area contributed by atoms with E-state index in [1.165, 1.54) is 4.90 Å². The first-order valence-electron chi connectivity index (χ1n) is 16.9. The van der Waals surface area contributed by atoms with Crippen LogP contribution < -0.4 is 5.69 Å². The summed E-state index contributed by atoms with van der Waals surface area (Å²) < 4.78 is 15.1. The van der Waals surface area contributed by atoms with Gasteiger partial charge < -0.3 is 24.5 Å².